The Bertz CT molecular complexity index is 2430. The van der Waals surface area contributed by atoms with Crippen LogP contribution in [0, 0.1) is 6.92 Å². The van der Waals surface area contributed by atoms with Gasteiger partial charge in [0.25, 0.3) is 0 Å². The smallest absolute Gasteiger partial charge is 0.241 e. The van der Waals surface area contributed by atoms with Gasteiger partial charge >= 0.3 is 0 Å². The lowest BCUT2D eigenvalue weighted by Crippen LogP contribution is -2.15. The van der Waals surface area contributed by atoms with Gasteiger partial charge in [0, 0.05) is 44.1 Å². The van der Waals surface area contributed by atoms with Crippen LogP contribution in [0.15, 0.2) is 110 Å². The summed E-state index contributed by atoms with van der Waals surface area (Å²) in [5.74, 6) is 1.73. The average molecular weight is 599 g/mol. The van der Waals surface area contributed by atoms with Gasteiger partial charge in [-0.05, 0) is 44.5 Å². The van der Waals surface area contributed by atoms with E-state index in [1.165, 1.54) is 0 Å². The second kappa shape index (κ2) is 11.0. The molecular weight excluding hydrogens is 564 g/mol. The molecule has 224 valence electrons. The molecule has 0 fully saturated rings. The molecule has 0 atom stereocenters. The van der Waals surface area contributed by atoms with Crippen LogP contribution in [0.1, 0.15) is 42.8 Å². The fourth-order valence-electron chi connectivity index (χ4n) is 7.07. The van der Waals surface area contributed by atoms with E-state index in [1.54, 1.807) is 0 Å². The summed E-state index contributed by atoms with van der Waals surface area (Å²) in [7, 11) is 0. The quantitative estimate of drug-likeness (QED) is 0.183. The lowest BCUT2D eigenvalue weighted by molar-refractivity contribution is 0.784. The van der Waals surface area contributed by atoms with Crippen LogP contribution < -0.4 is 0 Å². The molecule has 0 aliphatic rings. The van der Waals surface area contributed by atoms with Crippen LogP contribution in [-0.4, -0.2) is 28.7 Å². The zero-order valence-corrected chi connectivity index (χ0v) is 26.3. The average Bonchev–Trinajstić information content (AvgIpc) is 3.70. The fourth-order valence-corrected chi connectivity index (χ4v) is 7.07. The third kappa shape index (κ3) is 4.07. The number of para-hydroxylation sites is 4. The van der Waals surface area contributed by atoms with Crippen molar-refractivity contribution in [2.75, 3.05) is 0 Å². The normalized spacial score (nSPS) is 12.0. The van der Waals surface area contributed by atoms with E-state index < -0.39 is 0 Å². The Morgan fingerprint density at radius 3 is 1.54 bits per heavy atom. The molecule has 0 unspecified atom stereocenters. The first-order valence-electron chi connectivity index (χ1n) is 15.9. The van der Waals surface area contributed by atoms with E-state index in [0.29, 0.717) is 17.8 Å². The predicted molar refractivity (Wildman–Crippen MR) is 191 cm³/mol. The lowest BCUT2D eigenvalue weighted by Gasteiger charge is -2.15. The SMILES string of the molecule is C=Cc1c(CCC)n(-c2nc(-n3c(C)c(/C=C\C)c4ccccc43)nc(-n3c4ccccc4c4ccccc43)n2)c2ccccc12. The molecule has 8 rings (SSSR count). The first kappa shape index (κ1) is 27.8. The Morgan fingerprint density at radius 2 is 1.02 bits per heavy atom. The van der Waals surface area contributed by atoms with Gasteiger partial charge in [-0.15, -0.1) is 0 Å². The minimum atomic E-state index is 0.572. The molecule has 6 heteroatoms. The van der Waals surface area contributed by atoms with Gasteiger partial charge in [0.2, 0.25) is 17.8 Å². The van der Waals surface area contributed by atoms with E-state index in [4.69, 9.17) is 15.0 Å². The third-order valence-corrected chi connectivity index (χ3v) is 8.98. The van der Waals surface area contributed by atoms with Gasteiger partial charge in [-0.1, -0.05) is 111 Å². The second-order valence-corrected chi connectivity index (χ2v) is 11.6. The molecule has 0 aliphatic heterocycles. The third-order valence-electron chi connectivity index (χ3n) is 8.98. The molecular formula is C40H34N6. The molecule has 4 heterocycles. The van der Waals surface area contributed by atoms with E-state index in [9.17, 15) is 0 Å². The number of allylic oxidation sites excluding steroid dienone is 1. The van der Waals surface area contributed by atoms with Gasteiger partial charge in [0.1, 0.15) is 0 Å². The van der Waals surface area contributed by atoms with E-state index in [1.807, 2.05) is 6.08 Å². The van der Waals surface area contributed by atoms with E-state index in [-0.39, 0.29) is 0 Å². The van der Waals surface area contributed by atoms with Crippen LogP contribution in [0.3, 0.4) is 0 Å². The van der Waals surface area contributed by atoms with Crippen molar-refractivity contribution in [3.63, 3.8) is 0 Å². The highest BCUT2D eigenvalue weighted by Gasteiger charge is 2.23. The van der Waals surface area contributed by atoms with Crippen molar-refractivity contribution in [3.05, 3.63) is 132 Å². The number of rotatable bonds is 7. The standard InChI is InChI=1S/C40H34N6/c1-5-16-28-26(4)44(34-22-12-9-19-30(28)34)38-41-39(45-33(17-6-2)27(7-3)29-18-8-13-23-35(29)45)43-40(42-38)46-36-24-14-10-20-31(36)32-21-11-15-25-37(32)46/h5,7-16,18-25H,3,6,17H2,1-2,4H3/b16-5-. The summed E-state index contributed by atoms with van der Waals surface area (Å²) in [5, 5.41) is 4.61. The number of benzene rings is 4. The highest BCUT2D eigenvalue weighted by molar-refractivity contribution is 6.09. The van der Waals surface area contributed by atoms with Crippen LogP contribution in [0.25, 0.3) is 73.6 Å². The molecule has 0 bridgehead atoms. The zero-order chi connectivity index (χ0) is 31.4. The number of aromatic nitrogens is 6. The van der Waals surface area contributed by atoms with Gasteiger partial charge < -0.3 is 0 Å². The van der Waals surface area contributed by atoms with Gasteiger partial charge in [0.05, 0.1) is 22.1 Å². The summed E-state index contributed by atoms with van der Waals surface area (Å²) < 4.78 is 6.56. The zero-order valence-electron chi connectivity index (χ0n) is 26.3. The van der Waals surface area contributed by atoms with Crippen molar-refractivity contribution < 1.29 is 0 Å². The van der Waals surface area contributed by atoms with Crippen molar-refractivity contribution >= 4 is 55.8 Å². The van der Waals surface area contributed by atoms with Crippen LogP contribution in [0.2, 0.25) is 0 Å². The van der Waals surface area contributed by atoms with Crippen molar-refractivity contribution in [1.29, 1.82) is 0 Å². The summed E-state index contributed by atoms with van der Waals surface area (Å²) in [6.07, 6.45) is 8.05. The highest BCUT2D eigenvalue weighted by atomic mass is 15.3. The molecule has 46 heavy (non-hydrogen) atoms. The monoisotopic (exact) mass is 598 g/mol. The minimum absolute atomic E-state index is 0.572. The molecule has 0 aliphatic carbocycles. The Hall–Kier alpha value is -5.75. The molecule has 0 saturated heterocycles. The first-order valence-corrected chi connectivity index (χ1v) is 15.9. The summed E-state index contributed by atoms with van der Waals surface area (Å²) >= 11 is 0. The van der Waals surface area contributed by atoms with Gasteiger partial charge in [-0.2, -0.15) is 15.0 Å². The van der Waals surface area contributed by atoms with Crippen molar-refractivity contribution in [3.8, 4) is 17.8 Å². The molecule has 6 nitrogen and oxygen atoms in total. The van der Waals surface area contributed by atoms with E-state index >= 15 is 0 Å². The molecule has 4 aromatic carbocycles. The Labute approximate surface area is 267 Å². The van der Waals surface area contributed by atoms with Crippen molar-refractivity contribution in [1.82, 2.24) is 28.7 Å². The summed E-state index contributed by atoms with van der Waals surface area (Å²) in [6, 6.07) is 33.8. The molecule has 0 N–H and O–H groups in total. The second-order valence-electron chi connectivity index (χ2n) is 11.6. The maximum absolute atomic E-state index is 5.31. The lowest BCUT2D eigenvalue weighted by atomic mass is 10.1. The summed E-state index contributed by atoms with van der Waals surface area (Å²) in [5.41, 5.74) is 8.70. The maximum atomic E-state index is 5.31. The van der Waals surface area contributed by atoms with Crippen LogP contribution in [0.5, 0.6) is 0 Å². The minimum Gasteiger partial charge on any atom is -0.282 e. The van der Waals surface area contributed by atoms with Gasteiger partial charge in [0.15, 0.2) is 0 Å². The van der Waals surface area contributed by atoms with Crippen LogP contribution >= 0.6 is 0 Å². The molecule has 0 radical (unpaired) electrons. The molecule has 8 aromatic rings. The fraction of sp³-hybridized carbons (Fsp3) is 0.125. The van der Waals surface area contributed by atoms with Crippen molar-refractivity contribution in [2.24, 2.45) is 0 Å². The Morgan fingerprint density at radius 1 is 0.587 bits per heavy atom. The van der Waals surface area contributed by atoms with Gasteiger partial charge in [-0.3, -0.25) is 13.7 Å². The molecule has 0 spiro atoms. The topological polar surface area (TPSA) is 53.5 Å². The summed E-state index contributed by atoms with van der Waals surface area (Å²) in [4.78, 5) is 15.9. The first-order chi connectivity index (χ1) is 22.6. The van der Waals surface area contributed by atoms with Gasteiger partial charge in [-0.25, -0.2) is 0 Å². The number of hydrogen-bond donors (Lipinski definition) is 0. The highest BCUT2D eigenvalue weighted by Crippen LogP contribution is 2.35. The number of hydrogen-bond acceptors (Lipinski definition) is 3. The van der Waals surface area contributed by atoms with E-state index in [0.717, 1.165) is 79.0 Å². The summed E-state index contributed by atoms with van der Waals surface area (Å²) in [6.45, 7) is 10.6. The molecule has 4 aromatic heterocycles. The number of fused-ring (bicyclic) bond motifs is 5. The molecule has 0 saturated carbocycles. The van der Waals surface area contributed by atoms with Crippen LogP contribution in [-0.2, 0) is 6.42 Å². The van der Waals surface area contributed by atoms with Crippen LogP contribution in [0.4, 0.5) is 0 Å². The van der Waals surface area contributed by atoms with E-state index in [2.05, 4.69) is 150 Å². The Balaban J connectivity index is 1.53. The Kier molecular flexibility index (Phi) is 6.64. The predicted octanol–water partition coefficient (Wildman–Crippen LogP) is 9.79. The molecule has 0 amide bonds. The number of nitrogens with zero attached hydrogens (tertiary/aromatic N) is 6. The van der Waals surface area contributed by atoms with Crippen molar-refractivity contribution in [2.45, 2.75) is 33.6 Å². The maximum Gasteiger partial charge on any atom is 0.241 e. The largest absolute Gasteiger partial charge is 0.282 e.